The van der Waals surface area contributed by atoms with E-state index in [1.807, 2.05) is 54.6 Å². The maximum atomic E-state index is 13.5. The topological polar surface area (TPSA) is 108 Å². The molecule has 1 saturated heterocycles. The number of likely N-dealkylation sites (tertiary alicyclic amines) is 1. The van der Waals surface area contributed by atoms with E-state index in [9.17, 15) is 19.5 Å². The van der Waals surface area contributed by atoms with E-state index in [-0.39, 0.29) is 19.1 Å². The van der Waals surface area contributed by atoms with E-state index in [0.717, 1.165) is 27.8 Å². The van der Waals surface area contributed by atoms with Crippen LogP contribution in [0.25, 0.3) is 11.1 Å². The summed E-state index contributed by atoms with van der Waals surface area (Å²) >= 11 is 0. The fraction of sp³-hybridized carbons (Fsp3) is 0.344. The predicted octanol–water partition coefficient (Wildman–Crippen LogP) is 4.40. The number of carboxylic acid groups (broad SMARTS) is 1. The number of ether oxygens (including phenoxy) is 1. The van der Waals surface area contributed by atoms with Crippen molar-refractivity contribution in [2.45, 2.75) is 37.8 Å². The van der Waals surface area contributed by atoms with E-state index in [2.05, 4.69) is 39.8 Å². The van der Waals surface area contributed by atoms with E-state index < -0.39 is 29.4 Å². The van der Waals surface area contributed by atoms with Gasteiger partial charge in [0.15, 0.2) is 0 Å². The molecule has 0 bridgehead atoms. The number of alkyl carbamates (subject to hydrolysis) is 1. The van der Waals surface area contributed by atoms with Crippen LogP contribution in [0.1, 0.15) is 42.4 Å². The van der Waals surface area contributed by atoms with Crippen LogP contribution < -0.4 is 10.6 Å². The van der Waals surface area contributed by atoms with E-state index in [1.165, 1.54) is 0 Å². The summed E-state index contributed by atoms with van der Waals surface area (Å²) in [5.41, 5.74) is 4.38. The van der Waals surface area contributed by atoms with Crippen molar-refractivity contribution >= 4 is 18.0 Å². The minimum atomic E-state index is -1.23. The van der Waals surface area contributed by atoms with Gasteiger partial charge in [-0.3, -0.25) is 14.5 Å². The highest BCUT2D eigenvalue weighted by molar-refractivity contribution is 5.91. The molecule has 0 aromatic heterocycles. The zero-order chi connectivity index (χ0) is 28.1. The van der Waals surface area contributed by atoms with Gasteiger partial charge in [0.05, 0.1) is 5.92 Å². The molecule has 0 radical (unpaired) electrons. The summed E-state index contributed by atoms with van der Waals surface area (Å²) < 4.78 is 5.77. The lowest BCUT2D eigenvalue weighted by Crippen LogP contribution is -2.61. The molecule has 3 N–H and O–H groups in total. The fourth-order valence-electron chi connectivity index (χ4n) is 5.83. The minimum absolute atomic E-state index is 0.00251. The number of aliphatic carboxylic acids is 1. The second-order valence-electron chi connectivity index (χ2n) is 10.6. The van der Waals surface area contributed by atoms with Crippen molar-refractivity contribution < 1.29 is 24.2 Å². The number of hydrogen-bond acceptors (Lipinski definition) is 5. The summed E-state index contributed by atoms with van der Waals surface area (Å²) in [6.07, 6.45) is 0.117. The van der Waals surface area contributed by atoms with Crippen LogP contribution in [0.3, 0.4) is 0 Å². The van der Waals surface area contributed by atoms with Crippen LogP contribution in [0.4, 0.5) is 4.79 Å². The maximum Gasteiger partial charge on any atom is 0.408 e. The monoisotopic (exact) mass is 541 g/mol. The molecule has 208 valence electrons. The number of carboxylic acids is 1. The Labute approximate surface area is 234 Å². The lowest BCUT2D eigenvalue weighted by atomic mass is 9.96. The lowest BCUT2D eigenvalue weighted by molar-refractivity contribution is -0.142. The first kappa shape index (κ1) is 27.4. The van der Waals surface area contributed by atoms with Crippen LogP contribution in [-0.2, 0) is 20.9 Å². The summed E-state index contributed by atoms with van der Waals surface area (Å²) in [5.74, 6) is -2.14. The normalized spacial score (nSPS) is 18.9. The Balaban J connectivity index is 1.29. The van der Waals surface area contributed by atoms with Gasteiger partial charge in [0, 0.05) is 32.1 Å². The number of carbonyl (C=O) groups excluding carboxylic acids is 2. The molecule has 40 heavy (non-hydrogen) atoms. The number of rotatable bonds is 10. The first-order valence-electron chi connectivity index (χ1n) is 13.8. The Kier molecular flexibility index (Phi) is 8.16. The average Bonchev–Trinajstić information content (AvgIpc) is 3.52. The maximum absolute atomic E-state index is 13.5. The zero-order valence-electron chi connectivity index (χ0n) is 22.6. The van der Waals surface area contributed by atoms with Crippen LogP contribution in [0, 0.1) is 5.92 Å². The molecule has 2 unspecified atom stereocenters. The Morgan fingerprint density at radius 1 is 0.975 bits per heavy atom. The Morgan fingerprint density at radius 2 is 1.60 bits per heavy atom. The number of benzene rings is 3. The van der Waals surface area contributed by atoms with Crippen molar-refractivity contribution in [2.75, 3.05) is 26.2 Å². The summed E-state index contributed by atoms with van der Waals surface area (Å²) in [6.45, 7) is 3.44. The first-order chi connectivity index (χ1) is 19.4. The molecule has 3 aromatic carbocycles. The predicted molar refractivity (Wildman–Crippen MR) is 152 cm³/mol. The van der Waals surface area contributed by atoms with Gasteiger partial charge in [-0.15, -0.1) is 0 Å². The van der Waals surface area contributed by atoms with E-state index >= 15 is 0 Å². The summed E-state index contributed by atoms with van der Waals surface area (Å²) in [4.78, 5) is 40.4. The van der Waals surface area contributed by atoms with E-state index in [1.54, 1.807) is 6.92 Å². The standard InChI is InChI=1S/C32H35N3O5/c1-2-23(29(36)37)18-33-30(38)32(16-17-35(21-32)19-22-10-4-3-5-11-22)34-31(39)40-20-28-26-14-8-6-12-24(26)25-13-7-9-15-27(25)28/h3-15,23,28H,2,16-21H2,1H3,(H,33,38)(H,34,39)(H,36,37). The van der Waals surface area contributed by atoms with Gasteiger partial charge >= 0.3 is 12.1 Å². The van der Waals surface area contributed by atoms with Gasteiger partial charge in [0.25, 0.3) is 0 Å². The highest BCUT2D eigenvalue weighted by Crippen LogP contribution is 2.44. The third-order valence-electron chi connectivity index (χ3n) is 8.07. The lowest BCUT2D eigenvalue weighted by Gasteiger charge is -2.30. The summed E-state index contributed by atoms with van der Waals surface area (Å²) in [5, 5.41) is 15.1. The SMILES string of the molecule is CCC(CNC(=O)C1(NC(=O)OCC2c3ccccc3-c3ccccc32)CCN(Cc2ccccc2)C1)C(=O)O. The third kappa shape index (κ3) is 5.72. The van der Waals surface area contributed by atoms with Gasteiger partial charge in [0.1, 0.15) is 12.1 Å². The number of fused-ring (bicyclic) bond motifs is 3. The quantitative estimate of drug-likeness (QED) is 0.351. The van der Waals surface area contributed by atoms with Crippen LogP contribution >= 0.6 is 0 Å². The summed E-state index contributed by atoms with van der Waals surface area (Å²) in [6, 6.07) is 26.2. The van der Waals surface area contributed by atoms with Gasteiger partial charge in [-0.05, 0) is 40.7 Å². The number of nitrogens with one attached hydrogen (secondary N) is 2. The molecule has 1 aliphatic carbocycles. The van der Waals surface area contributed by atoms with Crippen LogP contribution in [0.2, 0.25) is 0 Å². The Bertz CT molecular complexity index is 1330. The highest BCUT2D eigenvalue weighted by atomic mass is 16.5. The molecule has 1 fully saturated rings. The minimum Gasteiger partial charge on any atom is -0.481 e. The van der Waals surface area contributed by atoms with Gasteiger partial charge in [-0.1, -0.05) is 85.8 Å². The molecule has 3 aromatic rings. The number of amides is 2. The molecule has 0 spiro atoms. The molecular formula is C32H35N3O5. The van der Waals surface area contributed by atoms with Crippen LogP contribution in [-0.4, -0.2) is 59.8 Å². The number of carbonyl (C=O) groups is 3. The largest absolute Gasteiger partial charge is 0.481 e. The van der Waals surface area contributed by atoms with Crippen molar-refractivity contribution in [3.05, 3.63) is 95.6 Å². The molecule has 1 aliphatic heterocycles. The van der Waals surface area contributed by atoms with Crippen molar-refractivity contribution in [3.63, 3.8) is 0 Å². The molecule has 5 rings (SSSR count). The highest BCUT2D eigenvalue weighted by Gasteiger charge is 2.46. The number of nitrogens with zero attached hydrogens (tertiary/aromatic N) is 1. The first-order valence-corrected chi connectivity index (χ1v) is 13.8. The average molecular weight is 542 g/mol. The van der Waals surface area contributed by atoms with E-state index in [0.29, 0.717) is 32.5 Å². The third-order valence-corrected chi connectivity index (χ3v) is 8.07. The van der Waals surface area contributed by atoms with E-state index in [4.69, 9.17) is 4.74 Å². The van der Waals surface area contributed by atoms with Crippen molar-refractivity contribution in [1.82, 2.24) is 15.5 Å². The molecule has 2 amide bonds. The van der Waals surface area contributed by atoms with Gasteiger partial charge in [-0.25, -0.2) is 4.79 Å². The molecule has 2 atom stereocenters. The number of hydrogen-bond donors (Lipinski definition) is 3. The van der Waals surface area contributed by atoms with Crippen molar-refractivity contribution in [1.29, 1.82) is 0 Å². The Morgan fingerprint density at radius 3 is 2.23 bits per heavy atom. The molecule has 2 aliphatic rings. The molecule has 8 nitrogen and oxygen atoms in total. The molecule has 8 heteroatoms. The van der Waals surface area contributed by atoms with Gasteiger partial charge in [0.2, 0.25) is 5.91 Å². The molecule has 0 saturated carbocycles. The van der Waals surface area contributed by atoms with Crippen LogP contribution in [0.15, 0.2) is 78.9 Å². The molecular weight excluding hydrogens is 506 g/mol. The second-order valence-corrected chi connectivity index (χ2v) is 10.6. The van der Waals surface area contributed by atoms with Crippen LogP contribution in [0.5, 0.6) is 0 Å². The smallest absolute Gasteiger partial charge is 0.408 e. The second kappa shape index (κ2) is 11.9. The van der Waals surface area contributed by atoms with Gasteiger partial charge < -0.3 is 20.5 Å². The van der Waals surface area contributed by atoms with Crippen molar-refractivity contribution in [3.8, 4) is 11.1 Å². The van der Waals surface area contributed by atoms with Crippen molar-refractivity contribution in [2.24, 2.45) is 5.92 Å². The molecule has 1 heterocycles. The van der Waals surface area contributed by atoms with Gasteiger partial charge in [-0.2, -0.15) is 0 Å². The fourth-order valence-corrected chi connectivity index (χ4v) is 5.83. The summed E-state index contributed by atoms with van der Waals surface area (Å²) in [7, 11) is 0. The Hall–Kier alpha value is -4.17. The zero-order valence-corrected chi connectivity index (χ0v) is 22.6.